The van der Waals surface area contributed by atoms with Crippen molar-refractivity contribution in [2.45, 2.75) is 13.1 Å². The van der Waals surface area contributed by atoms with E-state index in [0.717, 1.165) is 12.1 Å². The van der Waals surface area contributed by atoms with Crippen molar-refractivity contribution in [2.24, 2.45) is 0 Å². The molecule has 0 aliphatic rings. The normalized spacial score (nSPS) is 11.8. The molecule has 0 bridgehead atoms. The van der Waals surface area contributed by atoms with Gasteiger partial charge < -0.3 is 4.74 Å². The highest BCUT2D eigenvalue weighted by Crippen LogP contribution is 2.31. The minimum absolute atomic E-state index is 0.169. The predicted octanol–water partition coefficient (Wildman–Crippen LogP) is 2.97. The zero-order valence-electron chi connectivity index (χ0n) is 9.17. The molecule has 1 aromatic heterocycles. The zero-order valence-corrected chi connectivity index (χ0v) is 9.17. The van der Waals surface area contributed by atoms with Crippen LogP contribution in [0.15, 0.2) is 18.2 Å². The molecule has 0 aliphatic heterocycles. The maximum absolute atomic E-state index is 12.5. The number of aromatic nitrogens is 2. The molecule has 0 atom stereocenters. The minimum atomic E-state index is -4.38. The van der Waals surface area contributed by atoms with Crippen LogP contribution in [-0.4, -0.2) is 17.1 Å². The molecule has 0 spiro atoms. The van der Waals surface area contributed by atoms with Gasteiger partial charge in [0.25, 0.3) is 0 Å². The fraction of sp³-hybridized carbons (Fsp3) is 0.273. The number of aryl methyl sites for hydroxylation is 1. The lowest BCUT2D eigenvalue weighted by Gasteiger charge is -2.08. The molecule has 1 aromatic carbocycles. The van der Waals surface area contributed by atoms with Gasteiger partial charge in [-0.15, -0.1) is 0 Å². The van der Waals surface area contributed by atoms with Crippen LogP contribution in [-0.2, 0) is 6.18 Å². The largest absolute Gasteiger partial charge is 0.480 e. The Morgan fingerprint density at radius 2 is 1.82 bits per heavy atom. The van der Waals surface area contributed by atoms with E-state index in [4.69, 9.17) is 4.74 Å². The molecule has 90 valence electrons. The molecule has 0 aliphatic carbocycles. The van der Waals surface area contributed by atoms with E-state index in [2.05, 4.69) is 9.97 Å². The molecule has 6 heteroatoms. The van der Waals surface area contributed by atoms with E-state index in [1.165, 1.54) is 13.2 Å². The lowest BCUT2D eigenvalue weighted by atomic mass is 10.2. The number of alkyl halides is 3. The van der Waals surface area contributed by atoms with Gasteiger partial charge in [0.05, 0.1) is 23.7 Å². The summed E-state index contributed by atoms with van der Waals surface area (Å²) in [4.78, 5) is 8.10. The summed E-state index contributed by atoms with van der Waals surface area (Å²) in [6.45, 7) is 1.68. The molecule has 0 unspecified atom stereocenters. The van der Waals surface area contributed by atoms with Crippen LogP contribution in [0.3, 0.4) is 0 Å². The molecule has 17 heavy (non-hydrogen) atoms. The Labute approximate surface area is 95.3 Å². The molecule has 0 fully saturated rings. The van der Waals surface area contributed by atoms with Crippen LogP contribution in [0.5, 0.6) is 5.88 Å². The fourth-order valence-corrected chi connectivity index (χ4v) is 1.50. The number of rotatable bonds is 1. The van der Waals surface area contributed by atoms with Crippen LogP contribution in [0.1, 0.15) is 11.3 Å². The molecule has 0 N–H and O–H groups in total. The highest BCUT2D eigenvalue weighted by molar-refractivity contribution is 5.76. The predicted molar refractivity (Wildman–Crippen MR) is 55.8 cm³/mol. The average Bonchev–Trinajstić information content (AvgIpc) is 2.26. The highest BCUT2D eigenvalue weighted by atomic mass is 19.4. The van der Waals surface area contributed by atoms with Crippen LogP contribution >= 0.6 is 0 Å². The van der Waals surface area contributed by atoms with E-state index < -0.39 is 11.7 Å². The van der Waals surface area contributed by atoms with E-state index in [-0.39, 0.29) is 11.4 Å². The van der Waals surface area contributed by atoms with Gasteiger partial charge in [-0.1, -0.05) is 0 Å². The van der Waals surface area contributed by atoms with Gasteiger partial charge in [-0.3, -0.25) is 0 Å². The lowest BCUT2D eigenvalue weighted by molar-refractivity contribution is -0.137. The average molecular weight is 242 g/mol. The highest BCUT2D eigenvalue weighted by Gasteiger charge is 2.30. The third kappa shape index (κ3) is 2.15. The number of nitrogens with zero attached hydrogens (tertiary/aromatic N) is 2. The Balaban J connectivity index is 2.65. The summed E-state index contributed by atoms with van der Waals surface area (Å²) in [6, 6.07) is 3.25. The quantitative estimate of drug-likeness (QED) is 0.771. The molecule has 0 radical (unpaired) electrons. The first-order valence-corrected chi connectivity index (χ1v) is 4.81. The van der Waals surface area contributed by atoms with Gasteiger partial charge in [-0.2, -0.15) is 13.2 Å². The Bertz CT molecular complexity index is 566. The van der Waals surface area contributed by atoms with Gasteiger partial charge in [-0.05, 0) is 25.1 Å². The first kappa shape index (κ1) is 11.6. The van der Waals surface area contributed by atoms with E-state index in [0.29, 0.717) is 11.2 Å². The Hall–Kier alpha value is -1.85. The van der Waals surface area contributed by atoms with Crippen LogP contribution in [0.4, 0.5) is 13.2 Å². The van der Waals surface area contributed by atoms with Gasteiger partial charge >= 0.3 is 6.18 Å². The van der Waals surface area contributed by atoms with Gasteiger partial charge in [0.15, 0.2) is 0 Å². The Morgan fingerprint density at radius 1 is 1.12 bits per heavy atom. The van der Waals surface area contributed by atoms with Crippen molar-refractivity contribution in [1.82, 2.24) is 9.97 Å². The van der Waals surface area contributed by atoms with Crippen molar-refractivity contribution in [3.05, 3.63) is 29.5 Å². The van der Waals surface area contributed by atoms with Crippen LogP contribution in [0.25, 0.3) is 11.0 Å². The van der Waals surface area contributed by atoms with Crippen molar-refractivity contribution >= 4 is 11.0 Å². The second kappa shape index (κ2) is 3.87. The van der Waals surface area contributed by atoms with E-state index in [1.54, 1.807) is 6.92 Å². The summed E-state index contributed by atoms with van der Waals surface area (Å²) in [7, 11) is 1.40. The SMILES string of the molecule is COc1nc2cc(C(F)(F)F)ccc2nc1C. The zero-order chi connectivity index (χ0) is 12.6. The first-order valence-electron chi connectivity index (χ1n) is 4.81. The van der Waals surface area contributed by atoms with Crippen molar-refractivity contribution in [1.29, 1.82) is 0 Å². The number of halogens is 3. The first-order chi connectivity index (χ1) is 7.91. The molecular formula is C11H9F3N2O. The topological polar surface area (TPSA) is 35.0 Å². The number of fused-ring (bicyclic) bond motifs is 1. The third-order valence-electron chi connectivity index (χ3n) is 2.32. The second-order valence-corrected chi connectivity index (χ2v) is 3.52. The van der Waals surface area contributed by atoms with E-state index in [9.17, 15) is 13.2 Å². The molecule has 2 aromatic rings. The van der Waals surface area contributed by atoms with Gasteiger partial charge in [0.1, 0.15) is 5.69 Å². The summed E-state index contributed by atoms with van der Waals surface area (Å²) in [6.07, 6.45) is -4.38. The summed E-state index contributed by atoms with van der Waals surface area (Å²) < 4.78 is 42.4. The number of ether oxygens (including phenoxy) is 1. The maximum Gasteiger partial charge on any atom is 0.416 e. The maximum atomic E-state index is 12.5. The molecule has 0 saturated heterocycles. The van der Waals surface area contributed by atoms with E-state index >= 15 is 0 Å². The number of benzene rings is 1. The Kier molecular flexibility index (Phi) is 2.65. The van der Waals surface area contributed by atoms with Gasteiger partial charge in [0, 0.05) is 0 Å². The lowest BCUT2D eigenvalue weighted by Crippen LogP contribution is -2.05. The van der Waals surface area contributed by atoms with Crippen molar-refractivity contribution in [3.8, 4) is 5.88 Å². The van der Waals surface area contributed by atoms with Crippen LogP contribution in [0, 0.1) is 6.92 Å². The standard InChI is InChI=1S/C11H9F3N2O/c1-6-10(17-2)16-9-5-7(11(12,13)14)3-4-8(9)15-6/h3-5H,1-2H3. The van der Waals surface area contributed by atoms with Crippen LogP contribution < -0.4 is 4.74 Å². The Morgan fingerprint density at radius 3 is 2.41 bits per heavy atom. The molecule has 2 rings (SSSR count). The molecule has 1 heterocycles. The smallest absolute Gasteiger partial charge is 0.416 e. The molecule has 3 nitrogen and oxygen atoms in total. The van der Waals surface area contributed by atoms with Gasteiger partial charge in [0.2, 0.25) is 5.88 Å². The fourth-order valence-electron chi connectivity index (χ4n) is 1.50. The summed E-state index contributed by atoms with van der Waals surface area (Å²) in [5, 5.41) is 0. The van der Waals surface area contributed by atoms with Gasteiger partial charge in [-0.25, -0.2) is 9.97 Å². The molecule has 0 amide bonds. The second-order valence-electron chi connectivity index (χ2n) is 3.52. The number of hydrogen-bond acceptors (Lipinski definition) is 3. The summed E-state index contributed by atoms with van der Waals surface area (Å²) in [5.74, 6) is 0.233. The minimum Gasteiger partial charge on any atom is -0.480 e. The van der Waals surface area contributed by atoms with E-state index in [1.807, 2.05) is 0 Å². The molecule has 0 saturated carbocycles. The number of methoxy groups -OCH3 is 1. The van der Waals surface area contributed by atoms with Crippen molar-refractivity contribution in [3.63, 3.8) is 0 Å². The molecular weight excluding hydrogens is 233 g/mol. The monoisotopic (exact) mass is 242 g/mol. The van der Waals surface area contributed by atoms with Crippen LogP contribution in [0.2, 0.25) is 0 Å². The summed E-state index contributed by atoms with van der Waals surface area (Å²) >= 11 is 0. The summed E-state index contributed by atoms with van der Waals surface area (Å²) in [5.41, 5.74) is 0.378. The number of hydrogen-bond donors (Lipinski definition) is 0. The van der Waals surface area contributed by atoms with Crippen molar-refractivity contribution in [2.75, 3.05) is 7.11 Å². The van der Waals surface area contributed by atoms with Crippen molar-refractivity contribution < 1.29 is 17.9 Å². The third-order valence-corrected chi connectivity index (χ3v) is 2.32.